The zero-order valence-corrected chi connectivity index (χ0v) is 26.9. The van der Waals surface area contributed by atoms with E-state index in [1.54, 1.807) is 43.2 Å². The Balaban J connectivity index is 1.84. The number of carbonyl (C=O) groups is 2. The Morgan fingerprint density at radius 2 is 1.55 bits per heavy atom. The van der Waals surface area contributed by atoms with Crippen LogP contribution in [0.15, 0.2) is 83.8 Å². The van der Waals surface area contributed by atoms with Gasteiger partial charge in [0.25, 0.3) is 0 Å². The summed E-state index contributed by atoms with van der Waals surface area (Å²) in [6.07, 6.45) is 1.67. The Morgan fingerprint density at radius 3 is 2.16 bits per heavy atom. The van der Waals surface area contributed by atoms with Crippen LogP contribution < -0.4 is 14.8 Å². The lowest BCUT2D eigenvalue weighted by Gasteiger charge is -2.32. The van der Waals surface area contributed by atoms with Crippen molar-refractivity contribution >= 4 is 21.8 Å². The number of carbonyl (C=O) groups excluding carboxylic acids is 2. The lowest BCUT2D eigenvalue weighted by molar-refractivity contribution is -0.141. The van der Waals surface area contributed by atoms with Gasteiger partial charge in [-0.2, -0.15) is 0 Å². The van der Waals surface area contributed by atoms with Gasteiger partial charge in [0.2, 0.25) is 21.8 Å². The van der Waals surface area contributed by atoms with Gasteiger partial charge in [0.15, 0.2) is 0 Å². The second-order valence-corrected chi connectivity index (χ2v) is 12.6. The third-order valence-corrected chi connectivity index (χ3v) is 8.61. The highest BCUT2D eigenvalue weighted by Gasteiger charge is 2.30. The third kappa shape index (κ3) is 11.1. The molecular formula is C34H45N3O6S. The number of rotatable bonds is 18. The third-order valence-electron chi connectivity index (χ3n) is 7.05. The molecule has 9 nitrogen and oxygen atoms in total. The summed E-state index contributed by atoms with van der Waals surface area (Å²) in [4.78, 5) is 29.5. The maximum Gasteiger partial charge on any atom is 0.243 e. The topological polar surface area (TPSA) is 114 Å². The molecule has 238 valence electrons. The molecule has 0 aromatic heterocycles. The van der Waals surface area contributed by atoms with Crippen LogP contribution in [-0.4, -0.2) is 64.1 Å². The number of aryl methyl sites for hydroxylation is 1. The number of ether oxygens (including phenoxy) is 2. The molecule has 0 radical (unpaired) electrons. The summed E-state index contributed by atoms with van der Waals surface area (Å²) in [6.45, 7) is 7.17. The number of nitrogens with one attached hydrogen (secondary N) is 2. The molecule has 1 unspecified atom stereocenters. The lowest BCUT2D eigenvalue weighted by Crippen LogP contribution is -2.50. The van der Waals surface area contributed by atoms with Gasteiger partial charge in [0.1, 0.15) is 11.8 Å². The van der Waals surface area contributed by atoms with Gasteiger partial charge in [-0.05, 0) is 67.6 Å². The van der Waals surface area contributed by atoms with Crippen molar-refractivity contribution in [2.24, 2.45) is 0 Å². The molecule has 1 atom stereocenters. The van der Waals surface area contributed by atoms with Gasteiger partial charge >= 0.3 is 0 Å². The first-order chi connectivity index (χ1) is 21.1. The lowest BCUT2D eigenvalue weighted by atomic mass is 10.0. The van der Waals surface area contributed by atoms with Crippen molar-refractivity contribution in [2.45, 2.75) is 70.0 Å². The molecule has 0 heterocycles. The van der Waals surface area contributed by atoms with Gasteiger partial charge in [-0.25, -0.2) is 13.1 Å². The molecule has 44 heavy (non-hydrogen) atoms. The highest BCUT2D eigenvalue weighted by molar-refractivity contribution is 7.89. The van der Waals surface area contributed by atoms with E-state index in [9.17, 15) is 18.0 Å². The molecule has 3 rings (SSSR count). The summed E-state index contributed by atoms with van der Waals surface area (Å²) in [5.74, 6) is 0.302. The van der Waals surface area contributed by atoms with Crippen LogP contribution in [0.4, 0.5) is 0 Å². The SMILES string of the molecule is CCNS(=O)(=O)c1ccc(CCC(=O)N(Cc2ccc(OC)cc2)C(Cc2ccccc2)C(=O)NCCCOC(C)C)cc1. The Kier molecular flexibility index (Phi) is 13.9. The highest BCUT2D eigenvalue weighted by atomic mass is 32.2. The average Bonchev–Trinajstić information content (AvgIpc) is 3.02. The van der Waals surface area contributed by atoms with Gasteiger partial charge in [0, 0.05) is 39.1 Å². The standard InChI is InChI=1S/C34H45N3O6S/c1-5-36-44(40,41)31-19-14-27(15-20-31)16-21-33(38)37(25-29-12-17-30(42-4)18-13-29)32(24-28-10-7-6-8-11-28)34(39)35-22-9-23-43-26(2)3/h6-8,10-15,17-20,26,32,36H,5,9,16,21-25H2,1-4H3,(H,35,39). The largest absolute Gasteiger partial charge is 0.497 e. The summed E-state index contributed by atoms with van der Waals surface area (Å²) < 4.78 is 38.0. The molecule has 0 bridgehead atoms. The summed E-state index contributed by atoms with van der Waals surface area (Å²) in [5, 5.41) is 3.02. The maximum atomic E-state index is 13.9. The molecule has 2 N–H and O–H groups in total. The van der Waals surface area contributed by atoms with Crippen LogP contribution in [-0.2, 0) is 43.7 Å². The fourth-order valence-corrected chi connectivity index (χ4v) is 5.75. The average molecular weight is 624 g/mol. The number of methoxy groups -OCH3 is 1. The van der Waals surface area contributed by atoms with Gasteiger partial charge in [-0.15, -0.1) is 0 Å². The minimum Gasteiger partial charge on any atom is -0.497 e. The van der Waals surface area contributed by atoms with E-state index < -0.39 is 16.1 Å². The van der Waals surface area contributed by atoms with E-state index in [2.05, 4.69) is 10.0 Å². The predicted molar refractivity (Wildman–Crippen MR) is 172 cm³/mol. The number of hydrogen-bond donors (Lipinski definition) is 2. The Morgan fingerprint density at radius 1 is 0.886 bits per heavy atom. The van der Waals surface area contributed by atoms with Crippen molar-refractivity contribution < 1.29 is 27.5 Å². The zero-order chi connectivity index (χ0) is 32.0. The summed E-state index contributed by atoms with van der Waals surface area (Å²) >= 11 is 0. The molecule has 0 saturated carbocycles. The Hall–Kier alpha value is -3.73. The number of benzene rings is 3. The molecule has 2 amide bonds. The Labute approximate surface area is 262 Å². The molecule has 0 fully saturated rings. The maximum absolute atomic E-state index is 13.9. The first-order valence-corrected chi connectivity index (χ1v) is 16.6. The van der Waals surface area contributed by atoms with E-state index in [1.165, 1.54) is 0 Å². The van der Waals surface area contributed by atoms with E-state index in [4.69, 9.17) is 9.47 Å². The summed E-state index contributed by atoms with van der Waals surface area (Å²) in [7, 11) is -1.97. The van der Waals surface area contributed by atoms with Crippen LogP contribution in [0.3, 0.4) is 0 Å². The minimum absolute atomic E-state index is 0.114. The minimum atomic E-state index is -3.56. The normalized spacial score (nSPS) is 12.1. The van der Waals surface area contributed by atoms with Crippen molar-refractivity contribution in [3.63, 3.8) is 0 Å². The monoisotopic (exact) mass is 623 g/mol. The van der Waals surface area contributed by atoms with E-state index in [-0.39, 0.29) is 35.8 Å². The molecule has 0 aliphatic heterocycles. The fraction of sp³-hybridized carbons (Fsp3) is 0.412. The first kappa shape index (κ1) is 34.8. The molecule has 10 heteroatoms. The van der Waals surface area contributed by atoms with Crippen LogP contribution in [0.1, 0.15) is 50.3 Å². The van der Waals surface area contributed by atoms with Crippen molar-refractivity contribution in [1.29, 1.82) is 0 Å². The van der Waals surface area contributed by atoms with Gasteiger partial charge < -0.3 is 19.7 Å². The Bertz CT molecular complexity index is 1410. The van der Waals surface area contributed by atoms with Crippen molar-refractivity contribution in [2.75, 3.05) is 26.8 Å². The predicted octanol–water partition coefficient (Wildman–Crippen LogP) is 4.50. The second-order valence-electron chi connectivity index (χ2n) is 10.8. The highest BCUT2D eigenvalue weighted by Crippen LogP contribution is 2.19. The van der Waals surface area contributed by atoms with Crippen LogP contribution in [0.2, 0.25) is 0 Å². The first-order valence-electron chi connectivity index (χ1n) is 15.1. The molecule has 0 spiro atoms. The summed E-state index contributed by atoms with van der Waals surface area (Å²) in [6, 6.07) is 22.9. The van der Waals surface area contributed by atoms with Crippen LogP contribution in [0.25, 0.3) is 0 Å². The second kappa shape index (κ2) is 17.5. The van der Waals surface area contributed by atoms with Crippen LogP contribution in [0, 0.1) is 0 Å². The fourth-order valence-electron chi connectivity index (χ4n) is 4.71. The van der Waals surface area contributed by atoms with E-state index in [0.717, 1.165) is 16.7 Å². The van der Waals surface area contributed by atoms with Crippen molar-refractivity contribution in [3.8, 4) is 5.75 Å². The van der Waals surface area contributed by atoms with Gasteiger partial charge in [-0.3, -0.25) is 9.59 Å². The van der Waals surface area contributed by atoms with Crippen LogP contribution >= 0.6 is 0 Å². The molecule has 3 aromatic carbocycles. The molecule has 0 aliphatic carbocycles. The number of hydrogen-bond acceptors (Lipinski definition) is 6. The van der Waals surface area contributed by atoms with E-state index in [1.807, 2.05) is 68.4 Å². The molecule has 0 aliphatic rings. The van der Waals surface area contributed by atoms with Gasteiger partial charge in [-0.1, -0.05) is 61.5 Å². The number of nitrogens with zero attached hydrogens (tertiary/aromatic N) is 1. The number of sulfonamides is 1. The quantitative estimate of drug-likeness (QED) is 0.202. The molecule has 0 saturated heterocycles. The zero-order valence-electron chi connectivity index (χ0n) is 26.1. The van der Waals surface area contributed by atoms with Gasteiger partial charge in [0.05, 0.1) is 18.1 Å². The number of amides is 2. The van der Waals surface area contributed by atoms with E-state index in [0.29, 0.717) is 44.7 Å². The van der Waals surface area contributed by atoms with Crippen molar-refractivity contribution in [3.05, 3.63) is 95.6 Å². The van der Waals surface area contributed by atoms with Crippen molar-refractivity contribution in [1.82, 2.24) is 14.9 Å². The van der Waals surface area contributed by atoms with Crippen LogP contribution in [0.5, 0.6) is 5.75 Å². The van der Waals surface area contributed by atoms with E-state index >= 15 is 0 Å². The summed E-state index contributed by atoms with van der Waals surface area (Å²) in [5.41, 5.74) is 2.64. The molecular weight excluding hydrogens is 578 g/mol. The smallest absolute Gasteiger partial charge is 0.243 e. The molecule has 3 aromatic rings.